The summed E-state index contributed by atoms with van der Waals surface area (Å²) in [5.41, 5.74) is 1.06. The Labute approximate surface area is 106 Å². The molecule has 0 radical (unpaired) electrons. The Morgan fingerprint density at radius 3 is 2.53 bits per heavy atom. The normalized spacial score (nSPS) is 10.9. The molecule has 5 heteroatoms. The van der Waals surface area contributed by atoms with Gasteiger partial charge in [0, 0.05) is 23.9 Å². The lowest BCUT2D eigenvalue weighted by Gasteiger charge is -2.25. The molecule has 0 amide bonds. The van der Waals surface area contributed by atoms with Crippen molar-refractivity contribution in [3.05, 3.63) is 10.6 Å². The van der Waals surface area contributed by atoms with Crippen LogP contribution in [0.3, 0.4) is 0 Å². The predicted molar refractivity (Wildman–Crippen MR) is 70.9 cm³/mol. The fourth-order valence-electron chi connectivity index (χ4n) is 1.55. The first kappa shape index (κ1) is 14.0. The van der Waals surface area contributed by atoms with E-state index in [2.05, 4.69) is 30.7 Å². The molecule has 0 saturated carbocycles. The average Bonchev–Trinajstić information content (AvgIpc) is 2.53. The third-order valence-electron chi connectivity index (χ3n) is 2.68. The summed E-state index contributed by atoms with van der Waals surface area (Å²) in [6.07, 6.45) is 0.873. The van der Waals surface area contributed by atoms with E-state index in [1.165, 1.54) is 4.88 Å². The van der Waals surface area contributed by atoms with Crippen molar-refractivity contribution in [2.45, 2.75) is 46.6 Å². The van der Waals surface area contributed by atoms with Gasteiger partial charge in [-0.2, -0.15) is 0 Å². The molecule has 1 aromatic heterocycles. The molecule has 0 bridgehead atoms. The van der Waals surface area contributed by atoms with Crippen molar-refractivity contribution in [3.8, 4) is 0 Å². The van der Waals surface area contributed by atoms with E-state index in [1.54, 1.807) is 11.3 Å². The van der Waals surface area contributed by atoms with E-state index in [0.29, 0.717) is 12.5 Å². The Morgan fingerprint density at radius 1 is 1.47 bits per heavy atom. The van der Waals surface area contributed by atoms with Crippen molar-refractivity contribution in [2.75, 3.05) is 11.4 Å². The number of carboxylic acids is 1. The molecule has 17 heavy (non-hydrogen) atoms. The highest BCUT2D eigenvalue weighted by Gasteiger charge is 2.15. The Hall–Kier alpha value is -1.10. The van der Waals surface area contributed by atoms with Crippen molar-refractivity contribution in [3.63, 3.8) is 0 Å². The van der Waals surface area contributed by atoms with Gasteiger partial charge in [-0.25, -0.2) is 4.98 Å². The van der Waals surface area contributed by atoms with E-state index in [1.807, 2.05) is 6.92 Å². The highest BCUT2D eigenvalue weighted by Crippen LogP contribution is 2.26. The molecule has 1 rings (SSSR count). The van der Waals surface area contributed by atoms with Crippen LogP contribution >= 0.6 is 11.3 Å². The third kappa shape index (κ3) is 4.00. The molecule has 1 aromatic rings. The van der Waals surface area contributed by atoms with Gasteiger partial charge in [-0.05, 0) is 34.1 Å². The van der Waals surface area contributed by atoms with Crippen LogP contribution in [0.15, 0.2) is 0 Å². The van der Waals surface area contributed by atoms with Gasteiger partial charge in [-0.15, -0.1) is 11.3 Å². The number of thiazole rings is 1. The van der Waals surface area contributed by atoms with Gasteiger partial charge in [0.2, 0.25) is 0 Å². The van der Waals surface area contributed by atoms with Crippen molar-refractivity contribution >= 4 is 22.4 Å². The second-order valence-electron chi connectivity index (χ2n) is 4.42. The zero-order valence-corrected chi connectivity index (χ0v) is 11.7. The Kier molecular flexibility index (Phi) is 4.93. The summed E-state index contributed by atoms with van der Waals surface area (Å²) in [6.45, 7) is 9.02. The van der Waals surface area contributed by atoms with Gasteiger partial charge in [0.05, 0.1) is 5.69 Å². The predicted octanol–water partition coefficient (Wildman–Crippen LogP) is 2.84. The molecule has 96 valence electrons. The molecule has 0 aliphatic carbocycles. The van der Waals surface area contributed by atoms with E-state index in [9.17, 15) is 4.79 Å². The maximum absolute atomic E-state index is 10.5. The molecular formula is C12H20N2O2S. The lowest BCUT2D eigenvalue weighted by atomic mass is 10.2. The minimum atomic E-state index is -0.736. The quantitative estimate of drug-likeness (QED) is 0.850. The smallest absolute Gasteiger partial charge is 0.303 e. The van der Waals surface area contributed by atoms with E-state index < -0.39 is 5.97 Å². The lowest BCUT2D eigenvalue weighted by Crippen LogP contribution is -2.31. The van der Waals surface area contributed by atoms with E-state index in [-0.39, 0.29) is 6.42 Å². The standard InChI is InChI=1S/C12H20N2O2S/c1-8(2)14(7-5-6-11(15)16)12-13-9(3)10(4)17-12/h8H,5-7H2,1-4H3,(H,15,16). The zero-order valence-electron chi connectivity index (χ0n) is 10.9. The van der Waals surface area contributed by atoms with Crippen molar-refractivity contribution in [2.24, 2.45) is 0 Å². The first-order valence-electron chi connectivity index (χ1n) is 5.84. The minimum absolute atomic E-state index is 0.215. The van der Waals surface area contributed by atoms with Crippen LogP contribution in [0, 0.1) is 13.8 Å². The third-order valence-corrected chi connectivity index (χ3v) is 3.79. The topological polar surface area (TPSA) is 53.4 Å². The number of aromatic nitrogens is 1. The number of hydrogen-bond acceptors (Lipinski definition) is 4. The SMILES string of the molecule is Cc1nc(N(CCCC(=O)O)C(C)C)sc1C. The minimum Gasteiger partial charge on any atom is -0.481 e. The van der Waals surface area contributed by atoms with Gasteiger partial charge in [0.25, 0.3) is 0 Å². The second kappa shape index (κ2) is 6.00. The highest BCUT2D eigenvalue weighted by atomic mass is 32.1. The van der Waals surface area contributed by atoms with Crippen molar-refractivity contribution < 1.29 is 9.90 Å². The lowest BCUT2D eigenvalue weighted by molar-refractivity contribution is -0.137. The van der Waals surface area contributed by atoms with Crippen LogP contribution in [0.1, 0.15) is 37.3 Å². The number of rotatable bonds is 6. The Morgan fingerprint density at radius 2 is 2.12 bits per heavy atom. The molecule has 1 N–H and O–H groups in total. The summed E-state index contributed by atoms with van der Waals surface area (Å²) in [5, 5.41) is 9.65. The van der Waals surface area contributed by atoms with Gasteiger partial charge in [-0.3, -0.25) is 4.79 Å². The van der Waals surface area contributed by atoms with Crippen LogP contribution in [0.2, 0.25) is 0 Å². The van der Waals surface area contributed by atoms with Crippen LogP contribution in [-0.2, 0) is 4.79 Å². The molecule has 0 saturated heterocycles. The number of anilines is 1. The van der Waals surface area contributed by atoms with E-state index in [4.69, 9.17) is 5.11 Å². The van der Waals surface area contributed by atoms with Gasteiger partial charge in [-0.1, -0.05) is 0 Å². The monoisotopic (exact) mass is 256 g/mol. The summed E-state index contributed by atoms with van der Waals surface area (Å²) in [6, 6.07) is 0.341. The summed E-state index contributed by atoms with van der Waals surface area (Å²) < 4.78 is 0. The largest absolute Gasteiger partial charge is 0.481 e. The zero-order chi connectivity index (χ0) is 13.0. The molecule has 0 spiro atoms. The molecule has 0 atom stereocenters. The van der Waals surface area contributed by atoms with Crippen LogP contribution in [0.25, 0.3) is 0 Å². The van der Waals surface area contributed by atoms with Gasteiger partial charge < -0.3 is 10.0 Å². The molecule has 0 unspecified atom stereocenters. The van der Waals surface area contributed by atoms with E-state index >= 15 is 0 Å². The molecule has 0 aliphatic heterocycles. The van der Waals surface area contributed by atoms with Gasteiger partial charge in [0.15, 0.2) is 5.13 Å². The molecule has 0 fully saturated rings. The van der Waals surface area contributed by atoms with Crippen LogP contribution < -0.4 is 4.90 Å². The van der Waals surface area contributed by atoms with Crippen LogP contribution in [0.5, 0.6) is 0 Å². The number of carbonyl (C=O) groups is 1. The first-order valence-corrected chi connectivity index (χ1v) is 6.66. The summed E-state index contributed by atoms with van der Waals surface area (Å²) in [4.78, 5) is 18.4. The van der Waals surface area contributed by atoms with Gasteiger partial charge >= 0.3 is 5.97 Å². The number of aryl methyl sites for hydroxylation is 2. The van der Waals surface area contributed by atoms with Gasteiger partial charge in [0.1, 0.15) is 0 Å². The molecule has 4 nitrogen and oxygen atoms in total. The number of hydrogen-bond donors (Lipinski definition) is 1. The number of nitrogens with zero attached hydrogens (tertiary/aromatic N) is 2. The number of carboxylic acid groups (broad SMARTS) is 1. The van der Waals surface area contributed by atoms with Crippen LogP contribution in [0.4, 0.5) is 5.13 Å². The average molecular weight is 256 g/mol. The van der Waals surface area contributed by atoms with Crippen molar-refractivity contribution in [1.29, 1.82) is 0 Å². The number of aliphatic carboxylic acids is 1. The first-order chi connectivity index (χ1) is 7.91. The van der Waals surface area contributed by atoms with Crippen LogP contribution in [-0.4, -0.2) is 28.6 Å². The van der Waals surface area contributed by atoms with E-state index in [0.717, 1.165) is 17.4 Å². The maximum Gasteiger partial charge on any atom is 0.303 e. The van der Waals surface area contributed by atoms with Crippen molar-refractivity contribution in [1.82, 2.24) is 4.98 Å². The summed E-state index contributed by atoms with van der Waals surface area (Å²) in [7, 11) is 0. The molecule has 0 aliphatic rings. The molecular weight excluding hydrogens is 236 g/mol. The second-order valence-corrected chi connectivity index (χ2v) is 5.60. The fraction of sp³-hybridized carbons (Fsp3) is 0.667. The fourth-order valence-corrected chi connectivity index (χ4v) is 2.62. The highest BCUT2D eigenvalue weighted by molar-refractivity contribution is 7.15. The Bertz CT molecular complexity index is 368. The maximum atomic E-state index is 10.5. The summed E-state index contributed by atoms with van der Waals surface area (Å²) >= 11 is 1.68. The summed E-state index contributed by atoms with van der Waals surface area (Å²) in [5.74, 6) is -0.736. The Balaban J connectivity index is 2.69. The molecule has 0 aromatic carbocycles. The molecule has 1 heterocycles.